The van der Waals surface area contributed by atoms with Crippen molar-refractivity contribution in [2.45, 2.75) is 0 Å². The molecule has 4 aromatic rings. The Hall–Kier alpha value is -3.34. The van der Waals surface area contributed by atoms with Crippen molar-refractivity contribution in [2.24, 2.45) is 12.2 Å². The summed E-state index contributed by atoms with van der Waals surface area (Å²) in [5.74, 6) is 0. The van der Waals surface area contributed by atoms with Crippen molar-refractivity contribution in [3.05, 3.63) is 70.5 Å². The van der Waals surface area contributed by atoms with Crippen LogP contribution in [0.1, 0.15) is 5.56 Å². The first-order valence-corrected chi connectivity index (χ1v) is 7.57. The third-order valence-corrected chi connectivity index (χ3v) is 4.29. The van der Waals surface area contributed by atoms with Crippen molar-refractivity contribution in [1.82, 2.24) is 9.55 Å². The molecule has 5 heteroatoms. The number of aromatic amines is 1. The summed E-state index contributed by atoms with van der Waals surface area (Å²) < 4.78 is 1.64. The van der Waals surface area contributed by atoms with Gasteiger partial charge in [-0.25, -0.2) is 0 Å². The fourth-order valence-electron chi connectivity index (χ4n) is 3.09. The molecule has 2 heterocycles. The summed E-state index contributed by atoms with van der Waals surface area (Å²) in [4.78, 5) is 16.0. The van der Waals surface area contributed by atoms with Crippen molar-refractivity contribution >= 4 is 28.2 Å². The number of aryl methyl sites for hydroxylation is 1. The van der Waals surface area contributed by atoms with Gasteiger partial charge in [0.2, 0.25) is 0 Å². The van der Waals surface area contributed by atoms with Crippen molar-refractivity contribution in [3.8, 4) is 11.1 Å². The summed E-state index contributed by atoms with van der Waals surface area (Å²) in [6.45, 7) is 0. The van der Waals surface area contributed by atoms with Crippen LogP contribution in [0, 0.1) is 0 Å². The van der Waals surface area contributed by atoms with Gasteiger partial charge >= 0.3 is 0 Å². The standard InChI is InChI=1S/C19H15N3O2/c1-22-18-16(10-14(19(22)23)13-5-3-2-4-6-13)15-9-12(11-20-24)7-8-17(15)21-18/h2-11,21,24H,1H3/b20-11+. The first kappa shape index (κ1) is 14.3. The normalized spacial score (nSPS) is 11.7. The van der Waals surface area contributed by atoms with E-state index in [4.69, 9.17) is 5.21 Å². The zero-order valence-electron chi connectivity index (χ0n) is 13.0. The average molecular weight is 317 g/mol. The van der Waals surface area contributed by atoms with E-state index in [2.05, 4.69) is 10.1 Å². The fraction of sp³-hybridized carbons (Fsp3) is 0.0526. The summed E-state index contributed by atoms with van der Waals surface area (Å²) >= 11 is 0. The molecule has 0 aliphatic heterocycles. The van der Waals surface area contributed by atoms with Gasteiger partial charge in [0.05, 0.1) is 6.21 Å². The van der Waals surface area contributed by atoms with Gasteiger partial charge in [-0.05, 0) is 29.3 Å². The van der Waals surface area contributed by atoms with Gasteiger partial charge in [-0.1, -0.05) is 41.6 Å². The van der Waals surface area contributed by atoms with Gasteiger partial charge in [0.15, 0.2) is 0 Å². The van der Waals surface area contributed by atoms with E-state index in [1.54, 1.807) is 11.6 Å². The highest BCUT2D eigenvalue weighted by Gasteiger charge is 2.13. The van der Waals surface area contributed by atoms with E-state index in [1.165, 1.54) is 6.21 Å². The van der Waals surface area contributed by atoms with E-state index in [-0.39, 0.29) is 5.56 Å². The van der Waals surface area contributed by atoms with E-state index in [1.807, 2.05) is 54.6 Å². The Labute approximate surface area is 137 Å². The number of oxime groups is 1. The van der Waals surface area contributed by atoms with Gasteiger partial charge in [0.25, 0.3) is 5.56 Å². The van der Waals surface area contributed by atoms with Gasteiger partial charge in [0.1, 0.15) is 5.65 Å². The lowest BCUT2D eigenvalue weighted by atomic mass is 10.0. The molecule has 118 valence electrons. The number of aromatic nitrogens is 2. The molecule has 0 saturated carbocycles. The average Bonchev–Trinajstić information content (AvgIpc) is 2.97. The number of rotatable bonds is 2. The molecule has 0 bridgehead atoms. The summed E-state index contributed by atoms with van der Waals surface area (Å²) in [7, 11) is 1.77. The lowest BCUT2D eigenvalue weighted by Gasteiger charge is -2.06. The molecule has 0 aliphatic carbocycles. The van der Waals surface area contributed by atoms with Crippen LogP contribution in [0.5, 0.6) is 0 Å². The molecule has 0 unspecified atom stereocenters. The molecule has 2 aromatic carbocycles. The lowest BCUT2D eigenvalue weighted by molar-refractivity contribution is 0.322. The number of hydrogen-bond donors (Lipinski definition) is 2. The van der Waals surface area contributed by atoms with Crippen LogP contribution in [0.2, 0.25) is 0 Å². The van der Waals surface area contributed by atoms with Crippen molar-refractivity contribution in [1.29, 1.82) is 0 Å². The van der Waals surface area contributed by atoms with Gasteiger partial charge in [0, 0.05) is 28.9 Å². The largest absolute Gasteiger partial charge is 0.411 e. The van der Waals surface area contributed by atoms with Gasteiger partial charge in [-0.2, -0.15) is 0 Å². The van der Waals surface area contributed by atoms with E-state index in [0.717, 1.165) is 33.1 Å². The maximum atomic E-state index is 12.7. The summed E-state index contributed by atoms with van der Waals surface area (Å²) in [5, 5.41) is 13.8. The van der Waals surface area contributed by atoms with E-state index >= 15 is 0 Å². The molecular weight excluding hydrogens is 302 g/mol. The minimum absolute atomic E-state index is 0.0441. The third kappa shape index (κ3) is 2.10. The second-order valence-corrected chi connectivity index (χ2v) is 5.73. The Bertz CT molecular complexity index is 1140. The molecule has 2 N–H and O–H groups in total. The maximum Gasteiger partial charge on any atom is 0.259 e. The highest BCUT2D eigenvalue weighted by Crippen LogP contribution is 2.28. The van der Waals surface area contributed by atoms with Crippen LogP contribution in [-0.2, 0) is 7.05 Å². The highest BCUT2D eigenvalue weighted by molar-refractivity contribution is 6.08. The number of pyridine rings is 1. The first-order valence-electron chi connectivity index (χ1n) is 7.57. The summed E-state index contributed by atoms with van der Waals surface area (Å²) in [6.07, 6.45) is 1.39. The van der Waals surface area contributed by atoms with Gasteiger partial charge in [-0.15, -0.1) is 0 Å². The van der Waals surface area contributed by atoms with E-state index in [0.29, 0.717) is 5.56 Å². The molecule has 0 spiro atoms. The van der Waals surface area contributed by atoms with Crippen LogP contribution in [0.4, 0.5) is 0 Å². The van der Waals surface area contributed by atoms with Crippen LogP contribution in [0.25, 0.3) is 33.1 Å². The number of hydrogen-bond acceptors (Lipinski definition) is 3. The second-order valence-electron chi connectivity index (χ2n) is 5.73. The lowest BCUT2D eigenvalue weighted by Crippen LogP contribution is -2.18. The monoisotopic (exact) mass is 317 g/mol. The Morgan fingerprint density at radius 3 is 2.62 bits per heavy atom. The number of benzene rings is 2. The van der Waals surface area contributed by atoms with Crippen LogP contribution in [0.3, 0.4) is 0 Å². The molecule has 0 saturated heterocycles. The fourth-order valence-corrected chi connectivity index (χ4v) is 3.09. The molecular formula is C19H15N3O2. The summed E-state index contributed by atoms with van der Waals surface area (Å²) in [5.41, 5.74) is 4.00. The van der Waals surface area contributed by atoms with E-state index in [9.17, 15) is 4.79 Å². The van der Waals surface area contributed by atoms with Crippen LogP contribution in [-0.4, -0.2) is 21.0 Å². The second kappa shape index (κ2) is 5.38. The quantitative estimate of drug-likeness (QED) is 0.337. The Morgan fingerprint density at radius 2 is 1.88 bits per heavy atom. The Morgan fingerprint density at radius 1 is 1.08 bits per heavy atom. The smallest absolute Gasteiger partial charge is 0.259 e. The van der Waals surface area contributed by atoms with Gasteiger partial charge in [-0.3, -0.25) is 9.36 Å². The number of nitrogens with zero attached hydrogens (tertiary/aromatic N) is 2. The number of nitrogens with one attached hydrogen (secondary N) is 1. The highest BCUT2D eigenvalue weighted by atomic mass is 16.4. The van der Waals surface area contributed by atoms with Crippen molar-refractivity contribution in [2.75, 3.05) is 0 Å². The number of fused-ring (bicyclic) bond motifs is 3. The zero-order chi connectivity index (χ0) is 16.7. The topological polar surface area (TPSA) is 70.4 Å². The number of H-pyrrole nitrogens is 1. The molecule has 5 nitrogen and oxygen atoms in total. The van der Waals surface area contributed by atoms with Crippen molar-refractivity contribution < 1.29 is 5.21 Å². The molecule has 0 radical (unpaired) electrons. The van der Waals surface area contributed by atoms with Crippen LogP contribution in [0.15, 0.2) is 64.5 Å². The minimum Gasteiger partial charge on any atom is -0.411 e. The Balaban J connectivity index is 2.10. The molecule has 0 fully saturated rings. The maximum absolute atomic E-state index is 12.7. The van der Waals surface area contributed by atoms with Gasteiger partial charge < -0.3 is 10.2 Å². The predicted molar refractivity (Wildman–Crippen MR) is 95.9 cm³/mol. The minimum atomic E-state index is -0.0441. The van der Waals surface area contributed by atoms with Crippen LogP contribution < -0.4 is 5.56 Å². The first-order chi connectivity index (χ1) is 11.7. The predicted octanol–water partition coefficient (Wildman–Crippen LogP) is 3.49. The van der Waals surface area contributed by atoms with Crippen LogP contribution >= 0.6 is 0 Å². The van der Waals surface area contributed by atoms with E-state index < -0.39 is 0 Å². The molecule has 24 heavy (non-hydrogen) atoms. The zero-order valence-corrected chi connectivity index (χ0v) is 13.0. The molecule has 2 aromatic heterocycles. The molecule has 0 aliphatic rings. The summed E-state index contributed by atoms with van der Waals surface area (Å²) in [6, 6.07) is 17.3. The molecule has 0 atom stereocenters. The molecule has 4 rings (SSSR count). The van der Waals surface area contributed by atoms with Crippen molar-refractivity contribution in [3.63, 3.8) is 0 Å². The molecule has 0 amide bonds. The third-order valence-electron chi connectivity index (χ3n) is 4.29. The SMILES string of the molecule is Cn1c(=O)c(-c2ccccc2)cc2c3cc(/C=N/O)ccc3[nH]c21. The Kier molecular flexibility index (Phi) is 3.20.